The van der Waals surface area contributed by atoms with Crippen molar-refractivity contribution in [3.05, 3.63) is 73.5 Å². The molecule has 0 unspecified atom stereocenters. The second-order valence-corrected chi connectivity index (χ2v) is 6.96. The molecule has 0 radical (unpaired) electrons. The number of aliphatic hydroxyl groups excluding tert-OH is 1. The minimum absolute atomic E-state index is 0.118. The third-order valence-corrected chi connectivity index (χ3v) is 5.27. The first kappa shape index (κ1) is 20.2. The molecule has 0 aliphatic rings. The maximum atomic E-state index is 12.8. The molecule has 0 aliphatic carbocycles. The molecule has 2 N–H and O–H groups in total. The van der Waals surface area contributed by atoms with Crippen LogP contribution >= 0.6 is 23.2 Å². The Hall–Kier alpha value is -2.54. The molecule has 0 aliphatic heterocycles. The molecule has 0 saturated heterocycles. The van der Waals surface area contributed by atoms with E-state index in [0.29, 0.717) is 33.3 Å². The first-order valence-electron chi connectivity index (χ1n) is 8.38. The van der Waals surface area contributed by atoms with Gasteiger partial charge in [0.1, 0.15) is 11.3 Å². The van der Waals surface area contributed by atoms with Crippen molar-refractivity contribution in [1.29, 1.82) is 0 Å². The number of aromatic carboxylic acids is 1. The minimum atomic E-state index is -1.33. The quantitative estimate of drug-likeness (QED) is 0.634. The Morgan fingerprint density at radius 1 is 1.25 bits per heavy atom. The average molecular weight is 422 g/mol. The van der Waals surface area contributed by atoms with Crippen LogP contribution in [0.1, 0.15) is 21.5 Å². The van der Waals surface area contributed by atoms with E-state index in [1.807, 2.05) is 6.07 Å². The molecule has 6 nitrogen and oxygen atoms in total. The van der Waals surface area contributed by atoms with E-state index in [1.165, 1.54) is 17.9 Å². The molecule has 0 amide bonds. The molecule has 3 aromatic rings. The van der Waals surface area contributed by atoms with E-state index in [1.54, 1.807) is 24.3 Å². The first-order chi connectivity index (χ1) is 13.4. The molecule has 0 atom stereocenters. The number of ether oxygens (including phenoxy) is 1. The molecule has 146 valence electrons. The lowest BCUT2D eigenvalue weighted by atomic mass is 10.0. The van der Waals surface area contributed by atoms with Crippen LogP contribution in [-0.2, 0) is 13.0 Å². The summed E-state index contributed by atoms with van der Waals surface area (Å²) in [5, 5.41) is 19.7. The van der Waals surface area contributed by atoms with Crippen LogP contribution in [0.15, 0.2) is 41.3 Å². The zero-order chi connectivity index (χ0) is 20.4. The molecule has 0 fully saturated rings. The fourth-order valence-corrected chi connectivity index (χ4v) is 3.54. The van der Waals surface area contributed by atoms with E-state index in [0.717, 1.165) is 5.56 Å². The van der Waals surface area contributed by atoms with Gasteiger partial charge < -0.3 is 19.5 Å². The van der Waals surface area contributed by atoms with Crippen LogP contribution in [-0.4, -0.2) is 34.5 Å². The van der Waals surface area contributed by atoms with Gasteiger partial charge >= 0.3 is 5.97 Å². The zero-order valence-electron chi connectivity index (χ0n) is 14.9. The van der Waals surface area contributed by atoms with Crippen LogP contribution in [0.25, 0.3) is 10.9 Å². The molecule has 1 heterocycles. The predicted octanol–water partition coefficient (Wildman–Crippen LogP) is 3.60. The van der Waals surface area contributed by atoms with Crippen molar-refractivity contribution in [1.82, 2.24) is 4.57 Å². The monoisotopic (exact) mass is 421 g/mol. The molecule has 0 saturated carbocycles. The van der Waals surface area contributed by atoms with Crippen LogP contribution in [0.4, 0.5) is 0 Å². The Morgan fingerprint density at radius 2 is 2.00 bits per heavy atom. The fraction of sp³-hybridized carbons (Fsp3) is 0.200. The second kappa shape index (κ2) is 8.22. The Balaban J connectivity index is 2.27. The number of carbonyl (C=O) groups is 1. The van der Waals surface area contributed by atoms with Crippen LogP contribution in [0, 0.1) is 0 Å². The van der Waals surface area contributed by atoms with Crippen LogP contribution in [0.3, 0.4) is 0 Å². The number of benzene rings is 2. The number of carboxylic acid groups (broad SMARTS) is 1. The van der Waals surface area contributed by atoms with Gasteiger partial charge in [0.05, 0.1) is 34.7 Å². The summed E-state index contributed by atoms with van der Waals surface area (Å²) >= 11 is 12.3. The number of fused-ring (bicyclic) bond motifs is 1. The first-order valence-corrected chi connectivity index (χ1v) is 9.14. The average Bonchev–Trinajstić information content (AvgIpc) is 2.67. The summed E-state index contributed by atoms with van der Waals surface area (Å²) in [5.74, 6) is -0.936. The summed E-state index contributed by atoms with van der Waals surface area (Å²) in [5.41, 5.74) is 0.909. The van der Waals surface area contributed by atoms with Gasteiger partial charge in [-0.2, -0.15) is 0 Å². The number of halogens is 2. The lowest BCUT2D eigenvalue weighted by Crippen LogP contribution is -2.20. The van der Waals surface area contributed by atoms with Gasteiger partial charge in [0, 0.05) is 12.7 Å². The van der Waals surface area contributed by atoms with Crippen molar-refractivity contribution < 1.29 is 19.7 Å². The molecule has 8 heteroatoms. The van der Waals surface area contributed by atoms with E-state index in [9.17, 15) is 19.8 Å². The van der Waals surface area contributed by atoms with Gasteiger partial charge in [0.15, 0.2) is 0 Å². The highest BCUT2D eigenvalue weighted by Gasteiger charge is 2.18. The fourth-order valence-electron chi connectivity index (χ4n) is 3.16. The smallest absolute Gasteiger partial charge is 0.341 e. The number of aromatic nitrogens is 1. The molecule has 1 aromatic heterocycles. The number of methoxy groups -OCH3 is 1. The number of nitrogens with zero attached hydrogens (tertiary/aromatic N) is 1. The van der Waals surface area contributed by atoms with E-state index < -0.39 is 11.4 Å². The summed E-state index contributed by atoms with van der Waals surface area (Å²) in [6.45, 7) is -0.104. The van der Waals surface area contributed by atoms with Crippen LogP contribution < -0.4 is 10.2 Å². The number of aliphatic hydroxyl groups is 1. The van der Waals surface area contributed by atoms with Crippen molar-refractivity contribution in [3.63, 3.8) is 0 Å². The molecular formula is C20H17Cl2NO5. The summed E-state index contributed by atoms with van der Waals surface area (Å²) < 4.78 is 6.96. The van der Waals surface area contributed by atoms with Crippen LogP contribution in [0.2, 0.25) is 10.0 Å². The summed E-state index contributed by atoms with van der Waals surface area (Å²) in [6, 6.07) is 8.66. The van der Waals surface area contributed by atoms with E-state index in [2.05, 4.69) is 0 Å². The number of hydrogen-bond donors (Lipinski definition) is 2. The van der Waals surface area contributed by atoms with Crippen molar-refractivity contribution in [3.8, 4) is 5.75 Å². The van der Waals surface area contributed by atoms with Gasteiger partial charge in [-0.15, -0.1) is 0 Å². The highest BCUT2D eigenvalue weighted by Crippen LogP contribution is 2.31. The summed E-state index contributed by atoms with van der Waals surface area (Å²) in [6.07, 6.45) is 1.60. The van der Waals surface area contributed by atoms with E-state index >= 15 is 0 Å². The lowest BCUT2D eigenvalue weighted by molar-refractivity contribution is 0.0694. The SMILES string of the molecule is COc1cc(Cc2cccc(Cl)c2Cl)cc2c(=O)c(C(=O)O)cn(CCO)c12. The maximum absolute atomic E-state index is 12.8. The van der Waals surface area contributed by atoms with Gasteiger partial charge in [-0.05, 0) is 35.7 Å². The molecule has 0 spiro atoms. The summed E-state index contributed by atoms with van der Waals surface area (Å²) in [4.78, 5) is 24.3. The molecule has 3 rings (SSSR count). The van der Waals surface area contributed by atoms with Gasteiger partial charge in [-0.1, -0.05) is 35.3 Å². The lowest BCUT2D eigenvalue weighted by Gasteiger charge is -2.16. The standard InChI is InChI=1S/C20H17Cl2NO5/c1-28-16-9-11(7-12-3-2-4-15(21)17(12)22)8-13-18(16)23(5-6-24)10-14(19(13)25)20(26)27/h2-4,8-10,24H,5-7H2,1H3,(H,26,27). The van der Waals surface area contributed by atoms with Crippen molar-refractivity contribution >= 4 is 40.1 Å². The van der Waals surface area contributed by atoms with Gasteiger partial charge in [-0.25, -0.2) is 4.79 Å². The minimum Gasteiger partial charge on any atom is -0.495 e. The molecule has 2 aromatic carbocycles. The normalized spacial score (nSPS) is 11.0. The highest BCUT2D eigenvalue weighted by atomic mass is 35.5. The molecule has 0 bridgehead atoms. The highest BCUT2D eigenvalue weighted by molar-refractivity contribution is 6.42. The second-order valence-electron chi connectivity index (χ2n) is 6.18. The zero-order valence-corrected chi connectivity index (χ0v) is 16.4. The van der Waals surface area contributed by atoms with Gasteiger partial charge in [-0.3, -0.25) is 4.79 Å². The van der Waals surface area contributed by atoms with Gasteiger partial charge in [0.25, 0.3) is 0 Å². The third kappa shape index (κ3) is 3.71. The maximum Gasteiger partial charge on any atom is 0.341 e. The Kier molecular flexibility index (Phi) is 5.93. The number of pyridine rings is 1. The van der Waals surface area contributed by atoms with Crippen molar-refractivity contribution in [2.45, 2.75) is 13.0 Å². The number of carboxylic acids is 1. The topological polar surface area (TPSA) is 88.8 Å². The largest absolute Gasteiger partial charge is 0.495 e. The Morgan fingerprint density at radius 3 is 2.64 bits per heavy atom. The van der Waals surface area contributed by atoms with Gasteiger partial charge in [0.2, 0.25) is 5.43 Å². The van der Waals surface area contributed by atoms with E-state index in [-0.39, 0.29) is 24.1 Å². The summed E-state index contributed by atoms with van der Waals surface area (Å²) in [7, 11) is 1.46. The number of rotatable bonds is 6. The molecule has 28 heavy (non-hydrogen) atoms. The van der Waals surface area contributed by atoms with Crippen molar-refractivity contribution in [2.75, 3.05) is 13.7 Å². The Labute approximate surface area is 170 Å². The van der Waals surface area contributed by atoms with Crippen molar-refractivity contribution in [2.24, 2.45) is 0 Å². The van der Waals surface area contributed by atoms with E-state index in [4.69, 9.17) is 27.9 Å². The number of hydrogen-bond acceptors (Lipinski definition) is 4. The predicted molar refractivity (Wildman–Crippen MR) is 108 cm³/mol. The Bertz CT molecular complexity index is 1120. The van der Waals surface area contributed by atoms with Crippen LogP contribution in [0.5, 0.6) is 5.75 Å². The molecular weight excluding hydrogens is 405 g/mol. The third-order valence-electron chi connectivity index (χ3n) is 4.41.